The van der Waals surface area contributed by atoms with E-state index in [9.17, 15) is 13.6 Å². The minimum atomic E-state index is -2.70. The molecule has 1 N–H and O–H groups in total. The molecule has 1 amide bonds. The Bertz CT molecular complexity index is 346. The van der Waals surface area contributed by atoms with E-state index in [2.05, 4.69) is 5.32 Å². The van der Waals surface area contributed by atoms with Crippen molar-refractivity contribution < 1.29 is 18.3 Å². The Kier molecular flexibility index (Phi) is 3.04. The summed E-state index contributed by atoms with van der Waals surface area (Å²) in [6, 6.07) is 0. The highest BCUT2D eigenvalue weighted by atomic mass is 19.3. The molecule has 0 bridgehead atoms. The van der Waals surface area contributed by atoms with Gasteiger partial charge in [-0.2, -0.15) is 0 Å². The number of alkyl halides is 2. The van der Waals surface area contributed by atoms with E-state index in [0.29, 0.717) is 6.54 Å². The molecule has 0 aliphatic carbocycles. The Balaban J connectivity index is 1.95. The number of nitrogens with zero attached hydrogens (tertiary/aromatic N) is 1. The molecule has 4 nitrogen and oxygen atoms in total. The minimum Gasteiger partial charge on any atom is -0.444 e. The summed E-state index contributed by atoms with van der Waals surface area (Å²) in [7, 11) is 0. The number of piperidine rings is 1. The Labute approximate surface area is 106 Å². The third-order valence-corrected chi connectivity index (χ3v) is 3.49. The van der Waals surface area contributed by atoms with E-state index in [1.54, 1.807) is 20.8 Å². The van der Waals surface area contributed by atoms with Crippen molar-refractivity contribution in [3.63, 3.8) is 0 Å². The van der Waals surface area contributed by atoms with Crippen LogP contribution in [0, 0.1) is 5.41 Å². The van der Waals surface area contributed by atoms with Crippen molar-refractivity contribution in [2.75, 3.05) is 26.2 Å². The lowest BCUT2D eigenvalue weighted by Gasteiger charge is -2.55. The SMILES string of the molecule is CC(C)(C)OC(=O)N1CC2(CNCCC2(F)F)C1. The van der Waals surface area contributed by atoms with Gasteiger partial charge in [0.1, 0.15) is 5.60 Å². The van der Waals surface area contributed by atoms with Gasteiger partial charge in [-0.25, -0.2) is 13.6 Å². The van der Waals surface area contributed by atoms with Crippen LogP contribution in [0.15, 0.2) is 0 Å². The van der Waals surface area contributed by atoms with Crippen LogP contribution in [-0.4, -0.2) is 48.7 Å². The molecule has 2 heterocycles. The number of rotatable bonds is 0. The first kappa shape index (κ1) is 13.5. The van der Waals surface area contributed by atoms with Crippen LogP contribution in [-0.2, 0) is 4.74 Å². The van der Waals surface area contributed by atoms with Crippen molar-refractivity contribution in [1.29, 1.82) is 0 Å². The molecule has 2 fully saturated rings. The molecule has 2 aliphatic heterocycles. The normalized spacial score (nSPS) is 25.7. The van der Waals surface area contributed by atoms with Crippen LogP contribution in [0.3, 0.4) is 0 Å². The molecule has 0 radical (unpaired) electrons. The quantitative estimate of drug-likeness (QED) is 0.724. The lowest BCUT2D eigenvalue weighted by atomic mass is 9.71. The average molecular weight is 262 g/mol. The molecule has 6 heteroatoms. The first-order valence-corrected chi connectivity index (χ1v) is 6.22. The van der Waals surface area contributed by atoms with Gasteiger partial charge in [0.05, 0.1) is 5.41 Å². The molecule has 2 saturated heterocycles. The number of amides is 1. The fourth-order valence-electron chi connectivity index (χ4n) is 2.45. The fourth-order valence-corrected chi connectivity index (χ4v) is 2.45. The second-order valence-electron chi connectivity index (χ2n) is 6.25. The van der Waals surface area contributed by atoms with Crippen LogP contribution < -0.4 is 5.32 Å². The number of ether oxygens (including phenoxy) is 1. The molecule has 104 valence electrons. The van der Waals surface area contributed by atoms with Crippen LogP contribution in [0.5, 0.6) is 0 Å². The molecule has 0 unspecified atom stereocenters. The molecule has 2 rings (SSSR count). The molecular weight excluding hydrogens is 242 g/mol. The van der Waals surface area contributed by atoms with Crippen molar-refractivity contribution in [3.05, 3.63) is 0 Å². The molecule has 2 aliphatic rings. The summed E-state index contributed by atoms with van der Waals surface area (Å²) < 4.78 is 32.9. The second-order valence-corrected chi connectivity index (χ2v) is 6.25. The van der Waals surface area contributed by atoms with Crippen molar-refractivity contribution in [2.45, 2.75) is 38.7 Å². The fraction of sp³-hybridized carbons (Fsp3) is 0.917. The molecule has 0 aromatic rings. The van der Waals surface area contributed by atoms with Crippen LogP contribution in [0.1, 0.15) is 27.2 Å². The Morgan fingerprint density at radius 2 is 1.94 bits per heavy atom. The largest absolute Gasteiger partial charge is 0.444 e. The monoisotopic (exact) mass is 262 g/mol. The standard InChI is InChI=1S/C12H20F2N2O2/c1-10(2,3)18-9(17)16-7-11(8-16)6-15-5-4-12(11,13)14/h15H,4-8H2,1-3H3. The first-order valence-electron chi connectivity index (χ1n) is 6.22. The lowest BCUT2D eigenvalue weighted by Crippen LogP contribution is -2.71. The smallest absolute Gasteiger partial charge is 0.410 e. The molecule has 0 aromatic carbocycles. The minimum absolute atomic E-state index is 0.0713. The Hall–Kier alpha value is -0.910. The maximum absolute atomic E-state index is 13.9. The van der Waals surface area contributed by atoms with E-state index in [1.807, 2.05) is 0 Å². The molecule has 0 aromatic heterocycles. The number of hydrogen-bond acceptors (Lipinski definition) is 3. The number of hydrogen-bond donors (Lipinski definition) is 1. The summed E-state index contributed by atoms with van der Waals surface area (Å²) in [5.41, 5.74) is -1.69. The van der Waals surface area contributed by atoms with Crippen molar-refractivity contribution in [3.8, 4) is 0 Å². The second kappa shape index (κ2) is 4.05. The molecule has 0 saturated carbocycles. The van der Waals surface area contributed by atoms with Crippen LogP contribution in [0.2, 0.25) is 0 Å². The van der Waals surface area contributed by atoms with E-state index < -0.39 is 23.0 Å². The van der Waals surface area contributed by atoms with Gasteiger partial charge in [-0.1, -0.05) is 0 Å². The van der Waals surface area contributed by atoms with Gasteiger partial charge in [0, 0.05) is 32.6 Å². The zero-order chi connectivity index (χ0) is 13.6. The van der Waals surface area contributed by atoms with E-state index in [1.165, 1.54) is 4.90 Å². The van der Waals surface area contributed by atoms with E-state index in [0.717, 1.165) is 0 Å². The predicted molar refractivity (Wildman–Crippen MR) is 62.7 cm³/mol. The van der Waals surface area contributed by atoms with Gasteiger partial charge in [-0.3, -0.25) is 0 Å². The highest BCUT2D eigenvalue weighted by Gasteiger charge is 2.62. The van der Waals surface area contributed by atoms with Gasteiger partial charge in [-0.05, 0) is 20.8 Å². The van der Waals surface area contributed by atoms with Gasteiger partial charge in [0.2, 0.25) is 0 Å². The van der Waals surface area contributed by atoms with Crippen molar-refractivity contribution >= 4 is 6.09 Å². The summed E-state index contributed by atoms with van der Waals surface area (Å²) in [4.78, 5) is 13.1. The third-order valence-electron chi connectivity index (χ3n) is 3.49. The van der Waals surface area contributed by atoms with Crippen LogP contribution in [0.25, 0.3) is 0 Å². The van der Waals surface area contributed by atoms with Crippen LogP contribution >= 0.6 is 0 Å². The third kappa shape index (κ3) is 2.30. The van der Waals surface area contributed by atoms with Crippen LogP contribution in [0.4, 0.5) is 13.6 Å². The predicted octanol–water partition coefficient (Wildman–Crippen LogP) is 1.85. The van der Waals surface area contributed by atoms with Crippen molar-refractivity contribution in [1.82, 2.24) is 10.2 Å². The zero-order valence-electron chi connectivity index (χ0n) is 11.1. The topological polar surface area (TPSA) is 41.6 Å². The number of carbonyl (C=O) groups excluding carboxylic acids is 1. The highest BCUT2D eigenvalue weighted by Crippen LogP contribution is 2.47. The number of carbonyl (C=O) groups is 1. The number of nitrogens with one attached hydrogen (secondary N) is 1. The van der Waals surface area contributed by atoms with Gasteiger partial charge in [-0.15, -0.1) is 0 Å². The maximum atomic E-state index is 13.9. The van der Waals surface area contributed by atoms with E-state index in [-0.39, 0.29) is 26.1 Å². The summed E-state index contributed by atoms with van der Waals surface area (Å²) in [6.45, 7) is 6.02. The Morgan fingerprint density at radius 1 is 1.33 bits per heavy atom. The van der Waals surface area contributed by atoms with Gasteiger partial charge >= 0.3 is 6.09 Å². The average Bonchev–Trinajstić information content (AvgIpc) is 2.10. The van der Waals surface area contributed by atoms with E-state index >= 15 is 0 Å². The number of halogens is 2. The van der Waals surface area contributed by atoms with Gasteiger partial charge in [0.25, 0.3) is 5.92 Å². The molecular formula is C12H20F2N2O2. The molecule has 0 atom stereocenters. The number of likely N-dealkylation sites (tertiary alicyclic amines) is 1. The Morgan fingerprint density at radius 3 is 2.44 bits per heavy atom. The lowest BCUT2D eigenvalue weighted by molar-refractivity contribution is -0.197. The zero-order valence-corrected chi connectivity index (χ0v) is 11.1. The van der Waals surface area contributed by atoms with E-state index in [4.69, 9.17) is 4.74 Å². The van der Waals surface area contributed by atoms with Gasteiger partial charge < -0.3 is 15.0 Å². The van der Waals surface area contributed by atoms with Gasteiger partial charge in [0.15, 0.2) is 0 Å². The molecule has 1 spiro atoms. The summed E-state index contributed by atoms with van der Waals surface area (Å²) in [5.74, 6) is -2.70. The maximum Gasteiger partial charge on any atom is 0.410 e. The summed E-state index contributed by atoms with van der Waals surface area (Å²) in [6.07, 6.45) is -0.663. The van der Waals surface area contributed by atoms with Crippen molar-refractivity contribution in [2.24, 2.45) is 5.41 Å². The highest BCUT2D eigenvalue weighted by molar-refractivity contribution is 5.69. The summed E-state index contributed by atoms with van der Waals surface area (Å²) >= 11 is 0. The molecule has 18 heavy (non-hydrogen) atoms. The summed E-state index contributed by atoms with van der Waals surface area (Å²) in [5, 5.41) is 2.98. The first-order chi connectivity index (χ1) is 8.15.